The van der Waals surface area contributed by atoms with Gasteiger partial charge in [0.25, 0.3) is 10.0 Å². The van der Waals surface area contributed by atoms with Gasteiger partial charge in [0, 0.05) is 5.69 Å². The summed E-state index contributed by atoms with van der Waals surface area (Å²) in [4.78, 5) is 0.268. The number of hydrogen-bond donors (Lipinski definition) is 1. The van der Waals surface area contributed by atoms with Gasteiger partial charge in [-0.15, -0.1) is 0 Å². The van der Waals surface area contributed by atoms with E-state index in [0.29, 0.717) is 11.6 Å². The van der Waals surface area contributed by atoms with E-state index >= 15 is 0 Å². The second-order valence-electron chi connectivity index (χ2n) is 6.27. The van der Waals surface area contributed by atoms with Crippen molar-refractivity contribution in [3.63, 3.8) is 0 Å². The molecular weight excluding hydrogens is 330 g/mol. The quantitative estimate of drug-likeness (QED) is 0.680. The first-order valence-electron chi connectivity index (χ1n) is 8.24. The van der Waals surface area contributed by atoms with Gasteiger partial charge in [-0.3, -0.25) is 4.72 Å². The molecule has 0 aromatic heterocycles. The zero-order valence-electron chi connectivity index (χ0n) is 14.3. The van der Waals surface area contributed by atoms with Crippen LogP contribution in [0.25, 0.3) is 11.1 Å². The van der Waals surface area contributed by atoms with Crippen molar-refractivity contribution in [2.75, 3.05) is 4.72 Å². The van der Waals surface area contributed by atoms with Crippen LogP contribution in [0.3, 0.4) is 0 Å². The predicted octanol–water partition coefficient (Wildman–Crippen LogP) is 5.28. The van der Waals surface area contributed by atoms with Gasteiger partial charge in [0.1, 0.15) is 0 Å². The Morgan fingerprint density at radius 2 is 1.28 bits per heavy atom. The summed E-state index contributed by atoms with van der Waals surface area (Å²) in [7, 11) is -3.58. The largest absolute Gasteiger partial charge is 0.280 e. The summed E-state index contributed by atoms with van der Waals surface area (Å²) < 4.78 is 27.7. The van der Waals surface area contributed by atoms with Gasteiger partial charge in [-0.1, -0.05) is 68.4 Å². The van der Waals surface area contributed by atoms with Crippen LogP contribution < -0.4 is 4.72 Å². The summed E-state index contributed by atoms with van der Waals surface area (Å²) in [5.74, 6) is 0.371. The fraction of sp³-hybridized carbons (Fsp3) is 0.143. The van der Waals surface area contributed by atoms with Crippen LogP contribution in [0, 0.1) is 0 Å². The molecule has 3 aromatic carbocycles. The van der Waals surface area contributed by atoms with Crippen LogP contribution >= 0.6 is 0 Å². The van der Waals surface area contributed by atoms with E-state index in [0.717, 1.165) is 16.7 Å². The second-order valence-corrected chi connectivity index (χ2v) is 7.96. The van der Waals surface area contributed by atoms with E-state index in [1.54, 1.807) is 24.3 Å². The van der Waals surface area contributed by atoms with Crippen LogP contribution in [-0.2, 0) is 10.0 Å². The number of rotatable bonds is 5. The predicted molar refractivity (Wildman–Crippen MR) is 103 cm³/mol. The highest BCUT2D eigenvalue weighted by Crippen LogP contribution is 2.23. The Bertz CT molecular complexity index is 929. The first kappa shape index (κ1) is 17.2. The highest BCUT2D eigenvalue weighted by molar-refractivity contribution is 7.92. The first-order chi connectivity index (χ1) is 12.0. The van der Waals surface area contributed by atoms with Gasteiger partial charge >= 0.3 is 0 Å². The minimum Gasteiger partial charge on any atom is -0.280 e. The van der Waals surface area contributed by atoms with Crippen molar-refractivity contribution in [3.05, 3.63) is 84.4 Å². The zero-order chi connectivity index (χ0) is 17.9. The topological polar surface area (TPSA) is 46.2 Å². The van der Waals surface area contributed by atoms with E-state index in [2.05, 4.69) is 18.6 Å². The molecule has 0 bridgehead atoms. The Morgan fingerprint density at radius 1 is 0.720 bits per heavy atom. The molecule has 0 saturated heterocycles. The highest BCUT2D eigenvalue weighted by Gasteiger charge is 2.14. The number of anilines is 1. The van der Waals surface area contributed by atoms with Crippen molar-refractivity contribution in [1.82, 2.24) is 0 Å². The molecule has 0 radical (unpaired) electrons. The molecule has 0 saturated carbocycles. The summed E-state index contributed by atoms with van der Waals surface area (Å²) >= 11 is 0. The molecule has 0 heterocycles. The molecule has 3 aromatic rings. The van der Waals surface area contributed by atoms with Crippen molar-refractivity contribution in [2.45, 2.75) is 24.7 Å². The molecule has 25 heavy (non-hydrogen) atoms. The normalized spacial score (nSPS) is 11.5. The summed E-state index contributed by atoms with van der Waals surface area (Å²) in [5.41, 5.74) is 3.81. The molecule has 0 aliphatic heterocycles. The molecule has 0 aliphatic rings. The van der Waals surface area contributed by atoms with Crippen molar-refractivity contribution in [3.8, 4) is 11.1 Å². The standard InChI is InChI=1S/C21H21NO2S/c1-16(2)17-10-14-21(15-11-17)25(23,24)22-20-12-8-19(9-13-20)18-6-4-3-5-7-18/h3-16,22H,1-2H3. The van der Waals surface area contributed by atoms with Gasteiger partial charge in [0.2, 0.25) is 0 Å². The lowest BCUT2D eigenvalue weighted by molar-refractivity contribution is 0.601. The number of nitrogens with one attached hydrogen (secondary N) is 1. The molecule has 1 N–H and O–H groups in total. The summed E-state index contributed by atoms with van der Waals surface area (Å²) in [6, 6.07) is 24.4. The third-order valence-electron chi connectivity index (χ3n) is 4.10. The van der Waals surface area contributed by atoms with Gasteiger partial charge < -0.3 is 0 Å². The molecule has 0 unspecified atom stereocenters. The monoisotopic (exact) mass is 351 g/mol. The van der Waals surface area contributed by atoms with E-state index in [-0.39, 0.29) is 4.90 Å². The maximum Gasteiger partial charge on any atom is 0.261 e. The second kappa shape index (κ2) is 7.11. The smallest absolute Gasteiger partial charge is 0.261 e. The minimum atomic E-state index is -3.58. The van der Waals surface area contributed by atoms with E-state index in [9.17, 15) is 8.42 Å². The van der Waals surface area contributed by atoms with Crippen LogP contribution in [0.1, 0.15) is 25.3 Å². The molecular formula is C21H21NO2S. The average molecular weight is 351 g/mol. The van der Waals surface area contributed by atoms with Crippen LogP contribution in [0.5, 0.6) is 0 Å². The number of sulfonamides is 1. The van der Waals surface area contributed by atoms with Crippen molar-refractivity contribution < 1.29 is 8.42 Å². The van der Waals surface area contributed by atoms with Gasteiger partial charge in [-0.2, -0.15) is 0 Å². The van der Waals surface area contributed by atoms with E-state index in [4.69, 9.17) is 0 Å². The van der Waals surface area contributed by atoms with Crippen LogP contribution in [0.2, 0.25) is 0 Å². The minimum absolute atomic E-state index is 0.268. The fourth-order valence-electron chi connectivity index (χ4n) is 2.61. The van der Waals surface area contributed by atoms with Gasteiger partial charge in [-0.05, 0) is 46.9 Å². The molecule has 4 heteroatoms. The van der Waals surface area contributed by atoms with Crippen molar-refractivity contribution in [2.24, 2.45) is 0 Å². The maximum absolute atomic E-state index is 12.5. The van der Waals surface area contributed by atoms with E-state index < -0.39 is 10.0 Å². The van der Waals surface area contributed by atoms with Gasteiger partial charge in [0.05, 0.1) is 4.90 Å². The average Bonchev–Trinajstić information content (AvgIpc) is 2.63. The number of hydrogen-bond acceptors (Lipinski definition) is 2. The summed E-state index contributed by atoms with van der Waals surface area (Å²) in [5, 5.41) is 0. The Hall–Kier alpha value is -2.59. The molecule has 0 atom stereocenters. The van der Waals surface area contributed by atoms with E-state index in [1.165, 1.54) is 0 Å². The Labute approximate surface area is 149 Å². The first-order valence-corrected chi connectivity index (χ1v) is 9.72. The lowest BCUT2D eigenvalue weighted by Crippen LogP contribution is -2.12. The van der Waals surface area contributed by atoms with Crippen molar-refractivity contribution in [1.29, 1.82) is 0 Å². The van der Waals surface area contributed by atoms with E-state index in [1.807, 2.05) is 54.6 Å². The molecule has 0 aliphatic carbocycles. The summed E-state index contributed by atoms with van der Waals surface area (Å²) in [6.07, 6.45) is 0. The van der Waals surface area contributed by atoms with Crippen molar-refractivity contribution >= 4 is 15.7 Å². The van der Waals surface area contributed by atoms with Crippen LogP contribution in [0.15, 0.2) is 83.8 Å². The molecule has 128 valence electrons. The van der Waals surface area contributed by atoms with Gasteiger partial charge in [-0.25, -0.2) is 8.42 Å². The van der Waals surface area contributed by atoms with Gasteiger partial charge in [0.15, 0.2) is 0 Å². The van der Waals surface area contributed by atoms with Crippen LogP contribution in [-0.4, -0.2) is 8.42 Å². The zero-order valence-corrected chi connectivity index (χ0v) is 15.1. The third kappa shape index (κ3) is 4.09. The Kier molecular flexibility index (Phi) is 4.91. The fourth-order valence-corrected chi connectivity index (χ4v) is 3.67. The van der Waals surface area contributed by atoms with Crippen LogP contribution in [0.4, 0.5) is 5.69 Å². The molecule has 3 rings (SSSR count). The highest BCUT2D eigenvalue weighted by atomic mass is 32.2. The lowest BCUT2D eigenvalue weighted by Gasteiger charge is -2.10. The molecule has 0 fully saturated rings. The number of benzene rings is 3. The maximum atomic E-state index is 12.5. The summed E-state index contributed by atoms with van der Waals surface area (Å²) in [6.45, 7) is 4.16. The SMILES string of the molecule is CC(C)c1ccc(S(=O)(=O)Nc2ccc(-c3ccccc3)cc2)cc1. The molecule has 0 amide bonds. The Morgan fingerprint density at radius 3 is 1.84 bits per heavy atom. The molecule has 0 spiro atoms. The molecule has 3 nitrogen and oxygen atoms in total. The Balaban J connectivity index is 1.79. The lowest BCUT2D eigenvalue weighted by atomic mass is 10.0. The third-order valence-corrected chi connectivity index (χ3v) is 5.50.